The summed E-state index contributed by atoms with van der Waals surface area (Å²) in [5.41, 5.74) is 0.603. The van der Waals surface area contributed by atoms with Crippen molar-refractivity contribution in [1.29, 1.82) is 0 Å². The van der Waals surface area contributed by atoms with Crippen LogP contribution in [0.2, 0.25) is 0 Å². The molecule has 1 unspecified atom stereocenters. The van der Waals surface area contributed by atoms with Gasteiger partial charge in [0.2, 0.25) is 0 Å². The first-order valence-electron chi connectivity index (χ1n) is 5.78. The highest BCUT2D eigenvalue weighted by Gasteiger charge is 2.29. The normalized spacial score (nSPS) is 22.8. The zero-order chi connectivity index (χ0) is 11.8. The molecule has 17 heavy (non-hydrogen) atoms. The first-order valence-corrected chi connectivity index (χ1v) is 6.57. The topological polar surface area (TPSA) is 30.5 Å². The second kappa shape index (κ2) is 4.46. The van der Waals surface area contributed by atoms with Gasteiger partial charge in [0.25, 0.3) is 0 Å². The predicted octanol–water partition coefficient (Wildman–Crippen LogP) is 2.78. The molecule has 2 aliphatic rings. The monoisotopic (exact) mass is 301 g/mol. The average Bonchev–Trinajstić information content (AvgIpc) is 2.84. The average molecular weight is 302 g/mol. The van der Waals surface area contributed by atoms with Crippen LogP contribution in [0.25, 0.3) is 0 Å². The van der Waals surface area contributed by atoms with Gasteiger partial charge < -0.3 is 14.8 Å². The van der Waals surface area contributed by atoms with Crippen molar-refractivity contribution in [1.82, 2.24) is 5.32 Å². The van der Waals surface area contributed by atoms with E-state index in [1.54, 1.807) is 6.07 Å². The highest BCUT2D eigenvalue weighted by Crippen LogP contribution is 2.44. The number of hydrogen-bond acceptors (Lipinski definition) is 3. The number of fused-ring (bicyclic) bond motifs is 1. The van der Waals surface area contributed by atoms with E-state index in [0.717, 1.165) is 19.4 Å². The van der Waals surface area contributed by atoms with Crippen LogP contribution < -0.4 is 14.8 Å². The Labute approximate surface area is 107 Å². The molecule has 0 amide bonds. The van der Waals surface area contributed by atoms with Crippen LogP contribution in [0.4, 0.5) is 4.39 Å². The van der Waals surface area contributed by atoms with Crippen LogP contribution in [0.1, 0.15) is 24.4 Å². The van der Waals surface area contributed by atoms with E-state index in [9.17, 15) is 4.39 Å². The van der Waals surface area contributed by atoms with Crippen molar-refractivity contribution >= 4 is 15.9 Å². The van der Waals surface area contributed by atoms with Crippen LogP contribution in [-0.2, 0) is 0 Å². The van der Waals surface area contributed by atoms with Crippen LogP contribution in [0.3, 0.4) is 0 Å². The fourth-order valence-corrected chi connectivity index (χ4v) is 2.82. The molecule has 3 rings (SSSR count). The molecular weight excluding hydrogens is 289 g/mol. The molecule has 1 fully saturated rings. The Hall–Kier alpha value is -0.810. The highest BCUT2D eigenvalue weighted by molar-refractivity contribution is 9.10. The molecule has 1 aromatic rings. The van der Waals surface area contributed by atoms with E-state index in [1.165, 1.54) is 0 Å². The molecule has 1 atom stereocenters. The molecule has 0 aliphatic carbocycles. The molecule has 1 aromatic carbocycles. The summed E-state index contributed by atoms with van der Waals surface area (Å²) in [6, 6.07) is 1.67. The van der Waals surface area contributed by atoms with Crippen LogP contribution in [0.15, 0.2) is 10.5 Å². The highest BCUT2D eigenvalue weighted by atomic mass is 79.9. The van der Waals surface area contributed by atoms with Crippen LogP contribution in [-0.4, -0.2) is 19.8 Å². The van der Waals surface area contributed by atoms with Crippen molar-refractivity contribution in [3.8, 4) is 11.5 Å². The second-order valence-electron chi connectivity index (χ2n) is 4.26. The van der Waals surface area contributed by atoms with Crippen molar-refractivity contribution in [2.75, 3.05) is 19.8 Å². The third kappa shape index (κ3) is 1.91. The van der Waals surface area contributed by atoms with Gasteiger partial charge in [0.15, 0.2) is 11.5 Å². The number of rotatable bonds is 1. The van der Waals surface area contributed by atoms with Crippen LogP contribution in [0.5, 0.6) is 11.5 Å². The van der Waals surface area contributed by atoms with Gasteiger partial charge in [-0.05, 0) is 35.3 Å². The van der Waals surface area contributed by atoms with E-state index in [1.807, 2.05) is 0 Å². The van der Waals surface area contributed by atoms with E-state index >= 15 is 0 Å². The van der Waals surface area contributed by atoms with Crippen LogP contribution >= 0.6 is 15.9 Å². The lowest BCUT2D eigenvalue weighted by Gasteiger charge is -2.24. The Bertz CT molecular complexity index is 447. The molecule has 0 bridgehead atoms. The van der Waals surface area contributed by atoms with Crippen molar-refractivity contribution in [3.05, 3.63) is 21.9 Å². The zero-order valence-electron chi connectivity index (χ0n) is 9.26. The minimum atomic E-state index is -0.242. The summed E-state index contributed by atoms with van der Waals surface area (Å²) in [4.78, 5) is 0. The minimum absolute atomic E-state index is 0.0305. The summed E-state index contributed by atoms with van der Waals surface area (Å²) < 4.78 is 25.7. The van der Waals surface area contributed by atoms with Crippen molar-refractivity contribution < 1.29 is 13.9 Å². The smallest absolute Gasteiger partial charge is 0.169 e. The summed E-state index contributed by atoms with van der Waals surface area (Å²) in [5, 5.41) is 3.29. The van der Waals surface area contributed by atoms with E-state index in [4.69, 9.17) is 9.47 Å². The molecule has 1 N–H and O–H groups in total. The summed E-state index contributed by atoms with van der Waals surface area (Å²) in [6.45, 7) is 1.92. The molecule has 2 aliphatic heterocycles. The van der Waals surface area contributed by atoms with Crippen molar-refractivity contribution in [2.45, 2.75) is 18.9 Å². The van der Waals surface area contributed by atoms with Crippen LogP contribution in [0, 0.1) is 5.82 Å². The summed E-state index contributed by atoms with van der Waals surface area (Å²) in [6.07, 6.45) is 2.00. The molecule has 0 saturated carbocycles. The third-order valence-electron chi connectivity index (χ3n) is 3.17. The molecule has 0 aromatic heterocycles. The van der Waals surface area contributed by atoms with Crippen molar-refractivity contribution in [2.24, 2.45) is 0 Å². The Morgan fingerprint density at radius 2 is 2.18 bits per heavy atom. The van der Waals surface area contributed by atoms with Gasteiger partial charge >= 0.3 is 0 Å². The van der Waals surface area contributed by atoms with Gasteiger partial charge in [0.05, 0.1) is 10.0 Å². The number of ether oxygens (including phenoxy) is 2. The van der Waals surface area contributed by atoms with Gasteiger partial charge in [-0.25, -0.2) is 4.39 Å². The Kier molecular flexibility index (Phi) is 2.96. The Morgan fingerprint density at radius 1 is 1.35 bits per heavy atom. The zero-order valence-corrected chi connectivity index (χ0v) is 10.8. The van der Waals surface area contributed by atoms with E-state index < -0.39 is 0 Å². The Morgan fingerprint density at radius 3 is 2.94 bits per heavy atom. The number of nitrogens with one attached hydrogen (secondary N) is 1. The van der Waals surface area contributed by atoms with Gasteiger partial charge in [-0.3, -0.25) is 0 Å². The second-order valence-corrected chi connectivity index (χ2v) is 5.11. The van der Waals surface area contributed by atoms with E-state index in [0.29, 0.717) is 34.7 Å². The van der Waals surface area contributed by atoms with Crippen molar-refractivity contribution in [3.63, 3.8) is 0 Å². The quantitative estimate of drug-likeness (QED) is 0.865. The lowest BCUT2D eigenvalue weighted by molar-refractivity contribution is 0.167. The molecule has 2 heterocycles. The molecule has 0 radical (unpaired) electrons. The molecule has 3 nitrogen and oxygen atoms in total. The molecule has 1 saturated heterocycles. The molecule has 92 valence electrons. The van der Waals surface area contributed by atoms with Gasteiger partial charge in [-0.1, -0.05) is 0 Å². The first kappa shape index (κ1) is 11.3. The Balaban J connectivity index is 2.12. The summed E-state index contributed by atoms with van der Waals surface area (Å²) >= 11 is 3.23. The number of hydrogen-bond donors (Lipinski definition) is 1. The lowest BCUT2D eigenvalue weighted by atomic mass is 10.0. The number of halogens is 2. The third-order valence-corrected chi connectivity index (χ3v) is 3.75. The molecular formula is C12H13BrFNO2. The van der Waals surface area contributed by atoms with Gasteiger partial charge in [-0.15, -0.1) is 0 Å². The first-order chi connectivity index (χ1) is 8.27. The fourth-order valence-electron chi connectivity index (χ4n) is 2.40. The van der Waals surface area contributed by atoms with E-state index in [2.05, 4.69) is 21.2 Å². The predicted molar refractivity (Wildman–Crippen MR) is 65.1 cm³/mol. The summed E-state index contributed by atoms with van der Waals surface area (Å²) in [5.74, 6) is 0.957. The lowest BCUT2D eigenvalue weighted by Crippen LogP contribution is -2.21. The van der Waals surface area contributed by atoms with Gasteiger partial charge in [-0.2, -0.15) is 0 Å². The fraction of sp³-hybridized carbons (Fsp3) is 0.500. The maximum atomic E-state index is 14.2. The van der Waals surface area contributed by atoms with Gasteiger partial charge in [0, 0.05) is 12.1 Å². The molecule has 5 heteroatoms. The SMILES string of the molecule is Fc1c(Br)cc2c(c1C1CCCN1)OCCO2. The summed E-state index contributed by atoms with van der Waals surface area (Å²) in [7, 11) is 0. The maximum Gasteiger partial charge on any atom is 0.169 e. The number of benzene rings is 1. The molecule has 0 spiro atoms. The van der Waals surface area contributed by atoms with Gasteiger partial charge in [0.1, 0.15) is 19.0 Å². The van der Waals surface area contributed by atoms with E-state index in [-0.39, 0.29) is 11.9 Å². The largest absolute Gasteiger partial charge is 0.486 e. The minimum Gasteiger partial charge on any atom is -0.486 e. The standard InChI is InChI=1S/C12H13BrFNO2/c13-7-6-9-12(17-5-4-16-9)10(11(7)14)8-2-1-3-15-8/h6,8,15H,1-5H2. The maximum absolute atomic E-state index is 14.2.